The fraction of sp³-hybridized carbons (Fsp3) is 0.333. The zero-order chi connectivity index (χ0) is 18.7. The molecule has 136 valence electrons. The van der Waals surface area contributed by atoms with Crippen molar-refractivity contribution in [3.63, 3.8) is 0 Å². The summed E-state index contributed by atoms with van der Waals surface area (Å²) in [7, 11) is 1.55. The standard InChI is InChI=1S/C18H21N5O3/c1-3-15(23-9-12-6-4-5-7-14(12)18(23)26)17(25)21-13-8-20-22(10-13)11-16(24)19-2/h4-8,10,15H,3,9,11H2,1-2H3,(H,19,24)(H,21,25). The number of carbonyl (C=O) groups excluding carboxylic acids is 3. The lowest BCUT2D eigenvalue weighted by Crippen LogP contribution is -2.43. The number of rotatable bonds is 6. The molecule has 2 N–H and O–H groups in total. The number of hydrogen-bond donors (Lipinski definition) is 2. The summed E-state index contributed by atoms with van der Waals surface area (Å²) >= 11 is 0. The van der Waals surface area contributed by atoms with E-state index in [-0.39, 0.29) is 24.3 Å². The molecule has 3 rings (SSSR count). The number of fused-ring (bicyclic) bond motifs is 1. The van der Waals surface area contributed by atoms with E-state index >= 15 is 0 Å². The van der Waals surface area contributed by atoms with Crippen LogP contribution in [0.5, 0.6) is 0 Å². The van der Waals surface area contributed by atoms with E-state index in [0.29, 0.717) is 24.2 Å². The van der Waals surface area contributed by atoms with Crippen LogP contribution in [0, 0.1) is 0 Å². The van der Waals surface area contributed by atoms with E-state index in [4.69, 9.17) is 0 Å². The zero-order valence-electron chi connectivity index (χ0n) is 14.7. The van der Waals surface area contributed by atoms with Crippen molar-refractivity contribution in [3.8, 4) is 0 Å². The number of hydrogen-bond acceptors (Lipinski definition) is 4. The highest BCUT2D eigenvalue weighted by atomic mass is 16.2. The van der Waals surface area contributed by atoms with Gasteiger partial charge in [-0.1, -0.05) is 25.1 Å². The fourth-order valence-corrected chi connectivity index (χ4v) is 3.04. The predicted molar refractivity (Wildman–Crippen MR) is 95.3 cm³/mol. The van der Waals surface area contributed by atoms with Crippen LogP contribution in [0.1, 0.15) is 29.3 Å². The van der Waals surface area contributed by atoms with Crippen molar-refractivity contribution < 1.29 is 14.4 Å². The average molecular weight is 355 g/mol. The summed E-state index contributed by atoms with van der Waals surface area (Å²) in [4.78, 5) is 38.3. The van der Waals surface area contributed by atoms with Crippen molar-refractivity contribution in [2.75, 3.05) is 12.4 Å². The lowest BCUT2D eigenvalue weighted by Gasteiger charge is -2.25. The molecule has 3 amide bonds. The molecule has 1 aliphatic heterocycles. The molecule has 8 heteroatoms. The molecule has 0 spiro atoms. The molecule has 1 aromatic carbocycles. The monoisotopic (exact) mass is 355 g/mol. The second-order valence-electron chi connectivity index (χ2n) is 6.10. The highest BCUT2D eigenvalue weighted by Crippen LogP contribution is 2.26. The number of benzene rings is 1. The molecule has 1 aromatic heterocycles. The van der Waals surface area contributed by atoms with Crippen LogP contribution in [0.25, 0.3) is 0 Å². The molecule has 1 atom stereocenters. The third kappa shape index (κ3) is 3.44. The third-order valence-corrected chi connectivity index (χ3v) is 4.40. The summed E-state index contributed by atoms with van der Waals surface area (Å²) in [6.07, 6.45) is 3.56. The van der Waals surface area contributed by atoms with Crippen LogP contribution in [0.3, 0.4) is 0 Å². The molecule has 2 aromatic rings. The van der Waals surface area contributed by atoms with Crippen molar-refractivity contribution in [2.24, 2.45) is 0 Å². The molecular weight excluding hydrogens is 334 g/mol. The molecule has 1 unspecified atom stereocenters. The summed E-state index contributed by atoms with van der Waals surface area (Å²) in [6, 6.07) is 6.82. The third-order valence-electron chi connectivity index (χ3n) is 4.40. The highest BCUT2D eigenvalue weighted by molar-refractivity contribution is 6.03. The second kappa shape index (κ2) is 7.38. The van der Waals surface area contributed by atoms with Gasteiger partial charge < -0.3 is 15.5 Å². The van der Waals surface area contributed by atoms with E-state index in [1.54, 1.807) is 24.2 Å². The molecule has 0 radical (unpaired) electrons. The Morgan fingerprint density at radius 1 is 1.31 bits per heavy atom. The van der Waals surface area contributed by atoms with Crippen LogP contribution in [0.15, 0.2) is 36.7 Å². The molecule has 0 saturated heterocycles. The minimum atomic E-state index is -0.572. The molecular formula is C18H21N5O3. The van der Waals surface area contributed by atoms with Crippen LogP contribution < -0.4 is 10.6 Å². The number of carbonyl (C=O) groups is 3. The SMILES string of the molecule is CCC(C(=O)Nc1cnn(CC(=O)NC)c1)N1Cc2ccccc2C1=O. The van der Waals surface area contributed by atoms with Crippen LogP contribution in [0.2, 0.25) is 0 Å². The number of aromatic nitrogens is 2. The van der Waals surface area contributed by atoms with Gasteiger partial charge in [0.2, 0.25) is 11.8 Å². The molecule has 1 aliphatic rings. The van der Waals surface area contributed by atoms with Crippen molar-refractivity contribution in [1.29, 1.82) is 0 Å². The summed E-state index contributed by atoms with van der Waals surface area (Å²) in [5.41, 5.74) is 2.07. The van der Waals surface area contributed by atoms with Crippen LogP contribution in [0.4, 0.5) is 5.69 Å². The Kier molecular flexibility index (Phi) is 5.01. The van der Waals surface area contributed by atoms with Crippen molar-refractivity contribution in [2.45, 2.75) is 32.5 Å². The number of anilines is 1. The maximum absolute atomic E-state index is 12.7. The second-order valence-corrected chi connectivity index (χ2v) is 6.10. The van der Waals surface area contributed by atoms with Gasteiger partial charge in [0.15, 0.2) is 0 Å². The average Bonchev–Trinajstić information content (AvgIpc) is 3.20. The quantitative estimate of drug-likeness (QED) is 0.808. The van der Waals surface area contributed by atoms with Crippen molar-refractivity contribution in [1.82, 2.24) is 20.0 Å². The molecule has 8 nitrogen and oxygen atoms in total. The first-order valence-corrected chi connectivity index (χ1v) is 8.46. The Morgan fingerprint density at radius 3 is 2.77 bits per heavy atom. The van der Waals surface area contributed by atoms with E-state index in [1.807, 2.05) is 25.1 Å². The van der Waals surface area contributed by atoms with Gasteiger partial charge in [-0.15, -0.1) is 0 Å². The lowest BCUT2D eigenvalue weighted by molar-refractivity contribution is -0.121. The Hall–Kier alpha value is -3.16. The van der Waals surface area contributed by atoms with Gasteiger partial charge in [-0.2, -0.15) is 5.10 Å². The molecule has 0 saturated carbocycles. The van der Waals surface area contributed by atoms with E-state index in [9.17, 15) is 14.4 Å². The largest absolute Gasteiger partial charge is 0.358 e. The first-order chi connectivity index (χ1) is 12.5. The maximum atomic E-state index is 12.7. The topological polar surface area (TPSA) is 96.3 Å². The number of nitrogens with zero attached hydrogens (tertiary/aromatic N) is 3. The van der Waals surface area contributed by atoms with Gasteiger partial charge >= 0.3 is 0 Å². The van der Waals surface area contributed by atoms with E-state index < -0.39 is 6.04 Å². The first-order valence-electron chi connectivity index (χ1n) is 8.46. The molecule has 2 heterocycles. The lowest BCUT2D eigenvalue weighted by atomic mass is 10.1. The van der Waals surface area contributed by atoms with Gasteiger partial charge in [0.25, 0.3) is 5.91 Å². The molecule has 0 bridgehead atoms. The summed E-state index contributed by atoms with van der Waals surface area (Å²) < 4.78 is 1.44. The summed E-state index contributed by atoms with van der Waals surface area (Å²) in [5.74, 6) is -0.580. The molecule has 0 fully saturated rings. The summed E-state index contributed by atoms with van der Waals surface area (Å²) in [6.45, 7) is 2.37. The van der Waals surface area contributed by atoms with Gasteiger partial charge in [0.1, 0.15) is 12.6 Å². The zero-order valence-corrected chi connectivity index (χ0v) is 14.7. The van der Waals surface area contributed by atoms with Gasteiger partial charge in [-0.25, -0.2) is 0 Å². The Balaban J connectivity index is 1.69. The highest BCUT2D eigenvalue weighted by Gasteiger charge is 2.35. The van der Waals surface area contributed by atoms with Crippen LogP contribution >= 0.6 is 0 Å². The smallest absolute Gasteiger partial charge is 0.255 e. The van der Waals surface area contributed by atoms with E-state index in [0.717, 1.165) is 5.56 Å². The number of amides is 3. The fourth-order valence-electron chi connectivity index (χ4n) is 3.04. The van der Waals surface area contributed by atoms with Crippen LogP contribution in [-0.2, 0) is 22.7 Å². The molecule has 0 aliphatic carbocycles. The molecule has 26 heavy (non-hydrogen) atoms. The van der Waals surface area contributed by atoms with E-state index in [1.165, 1.54) is 10.9 Å². The van der Waals surface area contributed by atoms with Gasteiger partial charge in [0.05, 0.1) is 11.9 Å². The summed E-state index contributed by atoms with van der Waals surface area (Å²) in [5, 5.41) is 9.34. The Bertz CT molecular complexity index is 845. The first kappa shape index (κ1) is 17.7. The van der Waals surface area contributed by atoms with Gasteiger partial charge in [-0.3, -0.25) is 19.1 Å². The predicted octanol–water partition coefficient (Wildman–Crippen LogP) is 1.00. The Morgan fingerprint density at radius 2 is 2.08 bits per heavy atom. The van der Waals surface area contributed by atoms with Crippen molar-refractivity contribution in [3.05, 3.63) is 47.8 Å². The van der Waals surface area contributed by atoms with Gasteiger partial charge in [0, 0.05) is 25.4 Å². The van der Waals surface area contributed by atoms with E-state index in [2.05, 4.69) is 15.7 Å². The van der Waals surface area contributed by atoms with Gasteiger partial charge in [-0.05, 0) is 18.1 Å². The maximum Gasteiger partial charge on any atom is 0.255 e. The van der Waals surface area contributed by atoms with Crippen LogP contribution in [-0.4, -0.2) is 45.5 Å². The Labute approximate surface area is 151 Å². The van der Waals surface area contributed by atoms with Crippen molar-refractivity contribution >= 4 is 23.4 Å². The normalized spacial score (nSPS) is 14.1. The minimum absolute atomic E-state index is 0.0729. The number of likely N-dealkylation sites (N-methyl/N-ethyl adjacent to an activating group) is 1. The minimum Gasteiger partial charge on any atom is -0.358 e. The number of nitrogens with one attached hydrogen (secondary N) is 2.